The van der Waals surface area contributed by atoms with Crippen LogP contribution in [0.3, 0.4) is 0 Å². The summed E-state index contributed by atoms with van der Waals surface area (Å²) in [5.74, 6) is -0.667. The fourth-order valence-electron chi connectivity index (χ4n) is 1.89. The quantitative estimate of drug-likeness (QED) is 0.695. The molecule has 2 N–H and O–H groups in total. The zero-order chi connectivity index (χ0) is 19.9. The minimum absolute atomic E-state index is 0.0495. The first kappa shape index (κ1) is 20.3. The number of nitrogens with one attached hydrogen (secondary N) is 1. The van der Waals surface area contributed by atoms with Gasteiger partial charge in [-0.1, -0.05) is 85.0 Å². The predicted molar refractivity (Wildman–Crippen MR) is 107 cm³/mol. The Kier molecular flexibility index (Phi) is 9.00. The van der Waals surface area contributed by atoms with Gasteiger partial charge in [-0.3, -0.25) is 0 Å². The molecule has 0 aliphatic carbocycles. The van der Waals surface area contributed by atoms with Gasteiger partial charge in [-0.05, 0) is 22.4 Å². The molecular formula is C21H19N3O4. The standard InChI is InChI=1S/C21H19N3O4/c25-21(26)19-15-10-8-6-4-2-1-3-5-7-9-13-18-14-11-12-16-20(18)27-28-24-23-22-17-19/h1-17H,(H,22,24)(H,25,26). The lowest BCUT2D eigenvalue weighted by Crippen LogP contribution is -2.10. The van der Waals surface area contributed by atoms with E-state index in [1.165, 1.54) is 6.08 Å². The van der Waals surface area contributed by atoms with Crippen molar-refractivity contribution in [2.75, 3.05) is 0 Å². The molecule has 7 heteroatoms. The first-order valence-corrected chi connectivity index (χ1v) is 8.29. The highest BCUT2D eigenvalue weighted by Crippen LogP contribution is 2.19. The maximum atomic E-state index is 11.2. The molecule has 0 atom stereocenters. The van der Waals surface area contributed by atoms with Crippen LogP contribution in [-0.2, 0) is 9.78 Å². The third-order valence-corrected chi connectivity index (χ3v) is 3.18. The highest BCUT2D eigenvalue weighted by molar-refractivity contribution is 5.89. The number of carboxylic acids is 1. The lowest BCUT2D eigenvalue weighted by molar-refractivity contribution is -0.259. The highest BCUT2D eigenvalue weighted by Gasteiger charge is 2.02. The second-order valence-corrected chi connectivity index (χ2v) is 5.16. The monoisotopic (exact) mass is 377 g/mol. The van der Waals surface area contributed by atoms with Crippen LogP contribution in [0.15, 0.2) is 113 Å². The van der Waals surface area contributed by atoms with Crippen molar-refractivity contribution in [1.29, 1.82) is 0 Å². The lowest BCUT2D eigenvalue weighted by Gasteiger charge is -2.04. The summed E-state index contributed by atoms with van der Waals surface area (Å²) in [4.78, 5) is 21.1. The zero-order valence-electron chi connectivity index (χ0n) is 14.9. The van der Waals surface area contributed by atoms with Crippen molar-refractivity contribution < 1.29 is 19.8 Å². The number of nitrogens with zero attached hydrogens (tertiary/aromatic N) is 2. The van der Waals surface area contributed by atoms with Crippen molar-refractivity contribution in [3.8, 4) is 5.75 Å². The normalized spacial score (nSPS) is 15.1. The summed E-state index contributed by atoms with van der Waals surface area (Å²) in [6.07, 6.45) is 22.5. The minimum atomic E-state index is -1.13. The Labute approximate surface area is 162 Å². The molecule has 0 amide bonds. The van der Waals surface area contributed by atoms with Gasteiger partial charge in [0.15, 0.2) is 5.75 Å². The number of carboxylic acid groups (broad SMARTS) is 1. The Morgan fingerprint density at radius 1 is 0.857 bits per heavy atom. The van der Waals surface area contributed by atoms with Gasteiger partial charge in [0.05, 0.1) is 11.8 Å². The largest absolute Gasteiger partial charge is 0.478 e. The van der Waals surface area contributed by atoms with Gasteiger partial charge in [0.2, 0.25) is 0 Å². The molecule has 0 unspecified atom stereocenters. The summed E-state index contributed by atoms with van der Waals surface area (Å²) in [5, 5.41) is 16.2. The molecule has 1 aromatic rings. The van der Waals surface area contributed by atoms with Crippen molar-refractivity contribution in [3.05, 3.63) is 108 Å². The summed E-state index contributed by atoms with van der Waals surface area (Å²) < 4.78 is 0. The van der Waals surface area contributed by atoms with Crippen molar-refractivity contribution in [2.45, 2.75) is 0 Å². The van der Waals surface area contributed by atoms with E-state index < -0.39 is 5.97 Å². The van der Waals surface area contributed by atoms with Crippen molar-refractivity contribution >= 4 is 12.0 Å². The number of allylic oxidation sites excluding steroid dienone is 10. The lowest BCUT2D eigenvalue weighted by atomic mass is 10.2. The van der Waals surface area contributed by atoms with E-state index in [0.717, 1.165) is 11.8 Å². The number of rotatable bonds is 1. The van der Waals surface area contributed by atoms with Crippen molar-refractivity contribution in [3.63, 3.8) is 0 Å². The minimum Gasteiger partial charge on any atom is -0.478 e. The predicted octanol–water partition coefficient (Wildman–Crippen LogP) is 4.65. The van der Waals surface area contributed by atoms with E-state index in [9.17, 15) is 4.79 Å². The molecule has 7 nitrogen and oxygen atoms in total. The number of aliphatic carboxylic acids is 1. The third-order valence-electron chi connectivity index (χ3n) is 3.18. The molecule has 0 bridgehead atoms. The smallest absolute Gasteiger partial charge is 0.337 e. The molecule has 1 heterocycles. The van der Waals surface area contributed by atoms with Gasteiger partial charge in [0.1, 0.15) is 0 Å². The van der Waals surface area contributed by atoms with Crippen LogP contribution in [0.4, 0.5) is 0 Å². The summed E-state index contributed by atoms with van der Waals surface area (Å²) in [6, 6.07) is 7.25. The summed E-state index contributed by atoms with van der Waals surface area (Å²) >= 11 is 0. The Morgan fingerprint density at radius 3 is 2.14 bits per heavy atom. The van der Waals surface area contributed by atoms with Crippen LogP contribution in [0.1, 0.15) is 5.56 Å². The van der Waals surface area contributed by atoms with Crippen LogP contribution in [0, 0.1) is 0 Å². The molecule has 1 aliphatic rings. The number of fused-ring (bicyclic) bond motifs is 1. The van der Waals surface area contributed by atoms with E-state index in [-0.39, 0.29) is 5.57 Å². The molecular weight excluding hydrogens is 358 g/mol. The van der Waals surface area contributed by atoms with Crippen molar-refractivity contribution in [2.24, 2.45) is 10.3 Å². The second kappa shape index (κ2) is 12.4. The summed E-state index contributed by atoms with van der Waals surface area (Å²) in [6.45, 7) is 0. The Morgan fingerprint density at radius 2 is 1.46 bits per heavy atom. The van der Waals surface area contributed by atoms with Gasteiger partial charge in [0, 0.05) is 5.56 Å². The van der Waals surface area contributed by atoms with Crippen LogP contribution >= 0.6 is 0 Å². The Bertz CT molecular complexity index is 891. The highest BCUT2D eigenvalue weighted by atomic mass is 17.3. The topological polar surface area (TPSA) is 92.5 Å². The van der Waals surface area contributed by atoms with Crippen LogP contribution < -0.4 is 10.5 Å². The van der Waals surface area contributed by atoms with E-state index in [1.807, 2.05) is 60.7 Å². The second-order valence-electron chi connectivity index (χ2n) is 5.16. The molecule has 0 radical (unpaired) electrons. The first-order valence-electron chi connectivity index (χ1n) is 8.29. The zero-order valence-corrected chi connectivity index (χ0v) is 14.9. The molecule has 1 aromatic carbocycles. The molecule has 28 heavy (non-hydrogen) atoms. The van der Waals surface area contributed by atoms with E-state index in [1.54, 1.807) is 30.4 Å². The van der Waals surface area contributed by atoms with E-state index >= 15 is 0 Å². The average Bonchev–Trinajstić information content (AvgIpc) is 2.69. The average molecular weight is 377 g/mol. The van der Waals surface area contributed by atoms with Crippen LogP contribution in [0.2, 0.25) is 0 Å². The number of carbonyl (C=O) groups is 1. The molecule has 2 rings (SSSR count). The van der Waals surface area contributed by atoms with E-state index in [2.05, 4.69) is 15.9 Å². The van der Waals surface area contributed by atoms with Crippen molar-refractivity contribution in [1.82, 2.24) is 5.59 Å². The summed E-state index contributed by atoms with van der Waals surface area (Å²) in [5.41, 5.74) is 2.87. The van der Waals surface area contributed by atoms with Gasteiger partial charge in [-0.25, -0.2) is 4.79 Å². The number of hydrogen-bond donors (Lipinski definition) is 2. The Balaban J connectivity index is 2.18. The first-order chi connectivity index (χ1) is 13.8. The SMILES string of the molecule is O=C(O)C1=CN=NNOOc2ccccc2C=CC=CC=CC=CC=CC=C1. The number of para-hydroxylation sites is 1. The molecule has 0 spiro atoms. The molecule has 0 aromatic heterocycles. The van der Waals surface area contributed by atoms with Crippen LogP contribution in [0.5, 0.6) is 5.75 Å². The van der Waals surface area contributed by atoms with Crippen LogP contribution in [-0.4, -0.2) is 11.1 Å². The van der Waals surface area contributed by atoms with E-state index in [0.29, 0.717) is 5.75 Å². The van der Waals surface area contributed by atoms with Gasteiger partial charge in [0.25, 0.3) is 0 Å². The molecule has 0 fully saturated rings. The maximum absolute atomic E-state index is 11.2. The fourth-order valence-corrected chi connectivity index (χ4v) is 1.89. The fraction of sp³-hybridized carbons (Fsp3) is 0. The van der Waals surface area contributed by atoms with Gasteiger partial charge in [-0.2, -0.15) is 0 Å². The summed E-state index contributed by atoms with van der Waals surface area (Å²) in [7, 11) is 0. The van der Waals surface area contributed by atoms with Gasteiger partial charge < -0.3 is 9.99 Å². The van der Waals surface area contributed by atoms with E-state index in [4.69, 9.17) is 15.0 Å². The maximum Gasteiger partial charge on any atom is 0.337 e. The molecule has 0 saturated carbocycles. The number of hydrogen-bond acceptors (Lipinski definition) is 6. The molecule has 142 valence electrons. The van der Waals surface area contributed by atoms with Gasteiger partial charge >= 0.3 is 5.97 Å². The molecule has 1 aliphatic heterocycles. The van der Waals surface area contributed by atoms with Gasteiger partial charge in [-0.15, -0.1) is 10.7 Å². The van der Waals surface area contributed by atoms with Crippen LogP contribution in [0.25, 0.3) is 6.08 Å². The third kappa shape index (κ3) is 7.94. The number of benzene rings is 1. The Hall–Kier alpha value is -3.97. The molecule has 0 saturated heterocycles.